The van der Waals surface area contributed by atoms with Crippen LogP contribution in [0.2, 0.25) is 0 Å². The number of fused-ring (bicyclic) bond motifs is 3. The summed E-state index contributed by atoms with van der Waals surface area (Å²) in [5.74, 6) is -0.931. The average Bonchev–Trinajstić information content (AvgIpc) is 3.32. The second-order valence-corrected chi connectivity index (χ2v) is 7.63. The molecule has 1 amide bonds. The Hall–Kier alpha value is -3.26. The third-order valence-corrected chi connectivity index (χ3v) is 5.81. The molecule has 0 aliphatic heterocycles. The maximum absolute atomic E-state index is 11.2. The molecule has 1 atom stereocenters. The minimum atomic E-state index is -0.931. The highest BCUT2D eigenvalue weighted by atomic mass is 32.1. The number of aromatic carboxylic acids is 1. The summed E-state index contributed by atoms with van der Waals surface area (Å²) in [6, 6.07) is 13.2. The maximum Gasteiger partial charge on any atom is 0.335 e. The number of rotatable bonds is 7. The molecule has 2 heterocycles. The van der Waals surface area contributed by atoms with Crippen molar-refractivity contribution in [1.82, 2.24) is 14.7 Å². The van der Waals surface area contributed by atoms with E-state index in [1.165, 1.54) is 11.3 Å². The number of amides is 1. The number of halogens is 1. The van der Waals surface area contributed by atoms with E-state index in [1.54, 1.807) is 12.1 Å². The van der Waals surface area contributed by atoms with Gasteiger partial charge in [0, 0.05) is 11.8 Å². The average molecular weight is 428 g/mol. The van der Waals surface area contributed by atoms with Crippen LogP contribution in [-0.4, -0.2) is 34.0 Å². The summed E-state index contributed by atoms with van der Waals surface area (Å²) in [5.41, 5.74) is 4.15. The topological polar surface area (TPSA) is 83.7 Å². The Morgan fingerprint density at radius 1 is 1.27 bits per heavy atom. The van der Waals surface area contributed by atoms with E-state index in [9.17, 15) is 14.0 Å². The van der Waals surface area contributed by atoms with Crippen LogP contribution in [0.4, 0.5) is 4.39 Å². The number of nitrogens with zero attached hydrogens (tertiary/aromatic N) is 2. The van der Waals surface area contributed by atoms with E-state index >= 15 is 0 Å². The number of imidazole rings is 1. The summed E-state index contributed by atoms with van der Waals surface area (Å²) < 4.78 is 12.4. The molecule has 2 aromatic carbocycles. The van der Waals surface area contributed by atoms with Gasteiger partial charge >= 0.3 is 5.97 Å². The molecule has 30 heavy (non-hydrogen) atoms. The third-order valence-electron chi connectivity index (χ3n) is 4.80. The molecule has 2 aromatic heterocycles. The number of alkyl halides is 1. The van der Waals surface area contributed by atoms with E-state index in [0.29, 0.717) is 7.18 Å². The van der Waals surface area contributed by atoms with E-state index in [1.807, 2.05) is 40.9 Å². The SMILES string of the molecule is CCCC(NC=O)c1ccc(-c2cn3c(n2)sc2cc(C(=O)O)ccc23)cc1.CF. The smallest absolute Gasteiger partial charge is 0.335 e. The van der Waals surface area contributed by atoms with Gasteiger partial charge in [0.15, 0.2) is 4.96 Å². The van der Waals surface area contributed by atoms with Crippen LogP contribution in [0.15, 0.2) is 48.7 Å². The molecule has 4 aromatic rings. The van der Waals surface area contributed by atoms with Gasteiger partial charge in [0.1, 0.15) is 0 Å². The van der Waals surface area contributed by atoms with Gasteiger partial charge in [-0.25, -0.2) is 9.78 Å². The molecule has 0 spiro atoms. The first kappa shape index (κ1) is 21.4. The lowest BCUT2D eigenvalue weighted by Crippen LogP contribution is -2.19. The van der Waals surface area contributed by atoms with Crippen molar-refractivity contribution in [3.8, 4) is 11.3 Å². The Labute approximate surface area is 177 Å². The van der Waals surface area contributed by atoms with E-state index in [0.717, 1.165) is 51.3 Å². The molecule has 0 fully saturated rings. The van der Waals surface area contributed by atoms with Crippen molar-refractivity contribution in [3.05, 3.63) is 59.8 Å². The number of hydrogen-bond acceptors (Lipinski definition) is 4. The quantitative estimate of drug-likeness (QED) is 0.403. The summed E-state index contributed by atoms with van der Waals surface area (Å²) in [4.78, 5) is 27.5. The highest BCUT2D eigenvalue weighted by Gasteiger charge is 2.14. The van der Waals surface area contributed by atoms with Crippen LogP contribution in [0, 0.1) is 0 Å². The Bertz CT molecular complexity index is 1170. The molecule has 0 saturated heterocycles. The highest BCUT2D eigenvalue weighted by Crippen LogP contribution is 2.31. The molecule has 0 aliphatic carbocycles. The monoisotopic (exact) mass is 427 g/mol. The summed E-state index contributed by atoms with van der Waals surface area (Å²) in [7, 11) is 0.500. The molecule has 2 N–H and O–H groups in total. The van der Waals surface area contributed by atoms with Crippen LogP contribution in [0.25, 0.3) is 26.4 Å². The zero-order valence-corrected chi connectivity index (χ0v) is 17.4. The van der Waals surface area contributed by atoms with Crippen molar-refractivity contribution in [2.45, 2.75) is 25.8 Å². The highest BCUT2D eigenvalue weighted by molar-refractivity contribution is 7.23. The number of aromatic nitrogens is 2. The van der Waals surface area contributed by atoms with Gasteiger partial charge in [-0.05, 0) is 30.2 Å². The maximum atomic E-state index is 11.2. The van der Waals surface area contributed by atoms with Crippen LogP contribution in [0.5, 0.6) is 0 Å². The van der Waals surface area contributed by atoms with Crippen molar-refractivity contribution >= 4 is 38.9 Å². The van der Waals surface area contributed by atoms with Crippen LogP contribution in [0.3, 0.4) is 0 Å². The zero-order valence-electron chi connectivity index (χ0n) is 16.6. The largest absolute Gasteiger partial charge is 0.478 e. The van der Waals surface area contributed by atoms with Crippen molar-refractivity contribution < 1.29 is 19.1 Å². The first-order chi connectivity index (χ1) is 14.6. The zero-order chi connectivity index (χ0) is 21.7. The van der Waals surface area contributed by atoms with Crippen LogP contribution < -0.4 is 5.32 Å². The molecule has 0 saturated carbocycles. The number of carbonyl (C=O) groups excluding carboxylic acids is 1. The van der Waals surface area contributed by atoms with Crippen molar-refractivity contribution in [3.63, 3.8) is 0 Å². The molecule has 0 radical (unpaired) electrons. The van der Waals surface area contributed by atoms with Gasteiger partial charge in [-0.1, -0.05) is 48.9 Å². The van der Waals surface area contributed by atoms with E-state index < -0.39 is 5.97 Å². The molecule has 1 unspecified atom stereocenters. The summed E-state index contributed by atoms with van der Waals surface area (Å²) in [6.45, 7) is 2.09. The first-order valence-electron chi connectivity index (χ1n) is 9.43. The molecular formula is C22H22FN3O3S. The normalized spacial score (nSPS) is 11.7. The Morgan fingerprint density at radius 2 is 2.00 bits per heavy atom. The van der Waals surface area contributed by atoms with E-state index in [4.69, 9.17) is 10.1 Å². The standard InChI is InChI=1S/C21H19N3O3S.CH3F/c1-2-3-16(22-12-25)13-4-6-14(7-5-13)17-11-24-18-9-8-15(20(26)27)10-19(18)28-21(24)23-17;1-2/h4-12,16H,2-3H2,1H3,(H,22,25)(H,26,27);1H3. The molecule has 6 nitrogen and oxygen atoms in total. The lowest BCUT2D eigenvalue weighted by atomic mass is 10.0. The lowest BCUT2D eigenvalue weighted by molar-refractivity contribution is -0.110. The van der Waals surface area contributed by atoms with Crippen molar-refractivity contribution in [2.75, 3.05) is 7.18 Å². The second kappa shape index (κ2) is 9.49. The van der Waals surface area contributed by atoms with Crippen molar-refractivity contribution in [2.24, 2.45) is 0 Å². The molecule has 0 aliphatic rings. The van der Waals surface area contributed by atoms with Gasteiger partial charge in [-0.2, -0.15) is 0 Å². The fourth-order valence-corrected chi connectivity index (χ4v) is 4.42. The van der Waals surface area contributed by atoms with Gasteiger partial charge < -0.3 is 10.4 Å². The van der Waals surface area contributed by atoms with Crippen LogP contribution in [0.1, 0.15) is 41.7 Å². The fourth-order valence-electron chi connectivity index (χ4n) is 3.38. The summed E-state index contributed by atoms with van der Waals surface area (Å²) >= 11 is 1.47. The van der Waals surface area contributed by atoms with E-state index in [-0.39, 0.29) is 11.6 Å². The molecule has 4 rings (SSSR count). The third kappa shape index (κ3) is 4.18. The van der Waals surface area contributed by atoms with Gasteiger partial charge in [0.05, 0.1) is 34.7 Å². The molecule has 156 valence electrons. The Morgan fingerprint density at radius 3 is 2.63 bits per heavy atom. The first-order valence-corrected chi connectivity index (χ1v) is 10.2. The number of nitrogens with one attached hydrogen (secondary N) is 1. The van der Waals surface area contributed by atoms with Gasteiger partial charge in [0.2, 0.25) is 6.41 Å². The number of benzene rings is 2. The Kier molecular flexibility index (Phi) is 6.79. The minimum Gasteiger partial charge on any atom is -0.478 e. The Balaban J connectivity index is 0.00000124. The number of carboxylic acid groups (broad SMARTS) is 1. The molecule has 8 heteroatoms. The summed E-state index contributed by atoms with van der Waals surface area (Å²) in [5, 5.41) is 12.0. The summed E-state index contributed by atoms with van der Waals surface area (Å²) in [6.07, 6.45) is 4.60. The van der Waals surface area contributed by atoms with E-state index in [2.05, 4.69) is 12.2 Å². The second-order valence-electron chi connectivity index (χ2n) is 6.62. The number of carboxylic acids is 1. The predicted octanol–water partition coefficient (Wildman–Crippen LogP) is 5.09. The minimum absolute atomic E-state index is 0.0226. The van der Waals surface area contributed by atoms with Gasteiger partial charge in [-0.3, -0.25) is 13.6 Å². The predicted molar refractivity (Wildman–Crippen MR) is 117 cm³/mol. The van der Waals surface area contributed by atoms with Gasteiger partial charge in [0.25, 0.3) is 0 Å². The number of hydrogen-bond donors (Lipinski definition) is 2. The lowest BCUT2D eigenvalue weighted by Gasteiger charge is -2.15. The van der Waals surface area contributed by atoms with Crippen LogP contribution >= 0.6 is 11.3 Å². The molecular weight excluding hydrogens is 405 g/mol. The van der Waals surface area contributed by atoms with Crippen LogP contribution in [-0.2, 0) is 4.79 Å². The number of thiazole rings is 1. The molecule has 0 bridgehead atoms. The fraction of sp³-hybridized carbons (Fsp3) is 0.227. The van der Waals surface area contributed by atoms with Gasteiger partial charge in [-0.15, -0.1) is 0 Å². The van der Waals surface area contributed by atoms with Crippen molar-refractivity contribution in [1.29, 1.82) is 0 Å². The number of carbonyl (C=O) groups is 2.